The fraction of sp³-hybridized carbons (Fsp3) is 0.500. The Kier molecular flexibility index (Phi) is 5.08. The van der Waals surface area contributed by atoms with Crippen LogP contribution in [0.2, 0.25) is 10.0 Å². The van der Waals surface area contributed by atoms with Crippen molar-refractivity contribution in [2.24, 2.45) is 5.92 Å². The summed E-state index contributed by atoms with van der Waals surface area (Å²) in [5.41, 5.74) is 1.09. The van der Waals surface area contributed by atoms with Crippen LogP contribution in [0.1, 0.15) is 18.4 Å². The first-order valence-electron chi connectivity index (χ1n) is 6.45. The number of carbonyl (C=O) groups is 1. The van der Waals surface area contributed by atoms with Gasteiger partial charge in [-0.3, -0.25) is 4.79 Å². The zero-order valence-electron chi connectivity index (χ0n) is 10.6. The maximum Gasteiger partial charge on any atom is 0.306 e. The second-order valence-electron chi connectivity index (χ2n) is 4.94. The molecule has 19 heavy (non-hydrogen) atoms. The quantitative estimate of drug-likeness (QED) is 0.927. The zero-order valence-corrected chi connectivity index (χ0v) is 12.1. The van der Waals surface area contributed by atoms with Gasteiger partial charge in [0.15, 0.2) is 0 Å². The molecule has 1 aromatic carbocycles. The Morgan fingerprint density at radius 3 is 2.58 bits per heavy atom. The molecule has 0 aliphatic carbocycles. The SMILES string of the molecule is O=C(O)C1CCN(CCc2ccc(Cl)cc2Cl)CC1. The summed E-state index contributed by atoms with van der Waals surface area (Å²) in [6.07, 6.45) is 2.35. The fourth-order valence-corrected chi connectivity index (χ4v) is 2.91. The second-order valence-corrected chi connectivity index (χ2v) is 5.78. The maximum absolute atomic E-state index is 10.9. The lowest BCUT2D eigenvalue weighted by molar-refractivity contribution is -0.143. The summed E-state index contributed by atoms with van der Waals surface area (Å²) in [5, 5.41) is 10.3. The number of aliphatic carboxylic acids is 1. The lowest BCUT2D eigenvalue weighted by Gasteiger charge is -2.30. The molecule has 0 bridgehead atoms. The highest BCUT2D eigenvalue weighted by Crippen LogP contribution is 2.22. The number of likely N-dealkylation sites (tertiary alicyclic amines) is 1. The Balaban J connectivity index is 1.82. The minimum atomic E-state index is -0.666. The topological polar surface area (TPSA) is 40.5 Å². The van der Waals surface area contributed by atoms with E-state index in [2.05, 4.69) is 4.90 Å². The summed E-state index contributed by atoms with van der Waals surface area (Å²) < 4.78 is 0. The largest absolute Gasteiger partial charge is 0.481 e. The highest BCUT2D eigenvalue weighted by Gasteiger charge is 2.24. The molecule has 0 aromatic heterocycles. The molecule has 1 saturated heterocycles. The molecule has 0 unspecified atom stereocenters. The summed E-state index contributed by atoms with van der Waals surface area (Å²) in [4.78, 5) is 13.2. The number of rotatable bonds is 4. The molecular formula is C14H17Cl2NO2. The first kappa shape index (κ1) is 14.6. The van der Waals surface area contributed by atoms with Crippen LogP contribution in [0.3, 0.4) is 0 Å². The van der Waals surface area contributed by atoms with Crippen molar-refractivity contribution in [2.45, 2.75) is 19.3 Å². The van der Waals surface area contributed by atoms with E-state index >= 15 is 0 Å². The Bertz CT molecular complexity index is 457. The first-order chi connectivity index (χ1) is 9.06. The van der Waals surface area contributed by atoms with Crippen molar-refractivity contribution in [1.82, 2.24) is 4.90 Å². The van der Waals surface area contributed by atoms with Gasteiger partial charge < -0.3 is 10.0 Å². The first-order valence-corrected chi connectivity index (χ1v) is 7.21. The standard InChI is InChI=1S/C14H17Cl2NO2/c15-12-2-1-10(13(16)9-12)3-6-17-7-4-11(5-8-17)14(18)19/h1-2,9,11H,3-8H2,(H,18,19). The second kappa shape index (κ2) is 6.60. The lowest BCUT2D eigenvalue weighted by atomic mass is 9.97. The molecule has 1 heterocycles. The number of hydrogen-bond acceptors (Lipinski definition) is 2. The molecule has 104 valence electrons. The van der Waals surface area contributed by atoms with Crippen LogP contribution in [-0.4, -0.2) is 35.6 Å². The van der Waals surface area contributed by atoms with E-state index in [1.807, 2.05) is 12.1 Å². The van der Waals surface area contributed by atoms with E-state index < -0.39 is 5.97 Å². The van der Waals surface area contributed by atoms with E-state index in [9.17, 15) is 4.79 Å². The van der Waals surface area contributed by atoms with Crippen LogP contribution in [0, 0.1) is 5.92 Å². The van der Waals surface area contributed by atoms with Crippen LogP contribution in [0.5, 0.6) is 0 Å². The minimum Gasteiger partial charge on any atom is -0.481 e. The lowest BCUT2D eigenvalue weighted by Crippen LogP contribution is -2.37. The van der Waals surface area contributed by atoms with Gasteiger partial charge in [-0.25, -0.2) is 0 Å². The van der Waals surface area contributed by atoms with Crippen LogP contribution in [0.25, 0.3) is 0 Å². The van der Waals surface area contributed by atoms with Gasteiger partial charge in [0.05, 0.1) is 5.92 Å². The Morgan fingerprint density at radius 2 is 2.00 bits per heavy atom. The van der Waals surface area contributed by atoms with Gasteiger partial charge in [0.25, 0.3) is 0 Å². The number of halogens is 2. The van der Waals surface area contributed by atoms with E-state index in [0.29, 0.717) is 10.0 Å². The van der Waals surface area contributed by atoms with Crippen molar-refractivity contribution in [1.29, 1.82) is 0 Å². The van der Waals surface area contributed by atoms with E-state index in [4.69, 9.17) is 28.3 Å². The number of piperidine rings is 1. The molecule has 1 aromatic rings. The van der Waals surface area contributed by atoms with E-state index in [-0.39, 0.29) is 5.92 Å². The molecular weight excluding hydrogens is 285 g/mol. The summed E-state index contributed by atoms with van der Waals surface area (Å²) in [5.74, 6) is -0.837. The van der Waals surface area contributed by atoms with Crippen LogP contribution in [-0.2, 0) is 11.2 Å². The van der Waals surface area contributed by atoms with Crippen LogP contribution in [0.4, 0.5) is 0 Å². The van der Waals surface area contributed by atoms with Crippen molar-refractivity contribution in [3.63, 3.8) is 0 Å². The molecule has 1 aliphatic rings. The van der Waals surface area contributed by atoms with E-state index in [1.54, 1.807) is 6.07 Å². The van der Waals surface area contributed by atoms with Crippen molar-refractivity contribution >= 4 is 29.2 Å². The number of benzene rings is 1. The minimum absolute atomic E-state index is 0.171. The monoisotopic (exact) mass is 301 g/mol. The number of nitrogens with zero attached hydrogens (tertiary/aromatic N) is 1. The van der Waals surface area contributed by atoms with Gasteiger partial charge in [-0.05, 0) is 50.0 Å². The number of carboxylic acids is 1. The predicted molar refractivity (Wildman–Crippen MR) is 77.0 cm³/mol. The molecule has 0 atom stereocenters. The van der Waals surface area contributed by atoms with Gasteiger partial charge in [-0.1, -0.05) is 29.3 Å². The molecule has 0 radical (unpaired) electrons. The molecule has 5 heteroatoms. The Hall–Kier alpha value is -0.770. The molecule has 0 spiro atoms. The fourth-order valence-electron chi connectivity index (χ4n) is 2.41. The van der Waals surface area contributed by atoms with E-state index in [0.717, 1.165) is 44.5 Å². The summed E-state index contributed by atoms with van der Waals surface area (Å²) in [6.45, 7) is 2.61. The van der Waals surface area contributed by atoms with Crippen molar-refractivity contribution < 1.29 is 9.90 Å². The molecule has 3 nitrogen and oxygen atoms in total. The molecule has 0 saturated carbocycles. The average molecular weight is 302 g/mol. The number of carboxylic acid groups (broad SMARTS) is 1. The van der Waals surface area contributed by atoms with Crippen LogP contribution in [0.15, 0.2) is 18.2 Å². The van der Waals surface area contributed by atoms with Crippen molar-refractivity contribution in [3.05, 3.63) is 33.8 Å². The van der Waals surface area contributed by atoms with E-state index in [1.165, 1.54) is 0 Å². The third-order valence-electron chi connectivity index (χ3n) is 3.65. The summed E-state index contributed by atoms with van der Waals surface area (Å²) in [7, 11) is 0. The number of hydrogen-bond donors (Lipinski definition) is 1. The van der Waals surface area contributed by atoms with Crippen molar-refractivity contribution in [2.75, 3.05) is 19.6 Å². The molecule has 1 N–H and O–H groups in total. The van der Waals surface area contributed by atoms with Gasteiger partial charge in [-0.2, -0.15) is 0 Å². The summed E-state index contributed by atoms with van der Waals surface area (Å²) in [6, 6.07) is 5.56. The third-order valence-corrected chi connectivity index (χ3v) is 4.24. The van der Waals surface area contributed by atoms with Gasteiger partial charge in [0, 0.05) is 16.6 Å². The van der Waals surface area contributed by atoms with Crippen molar-refractivity contribution in [3.8, 4) is 0 Å². The maximum atomic E-state index is 10.9. The highest BCUT2D eigenvalue weighted by atomic mass is 35.5. The van der Waals surface area contributed by atoms with Gasteiger partial charge in [0.2, 0.25) is 0 Å². The molecule has 2 rings (SSSR count). The third kappa shape index (κ3) is 4.10. The molecule has 0 amide bonds. The van der Waals surface area contributed by atoms with Gasteiger partial charge >= 0.3 is 5.97 Å². The molecule has 1 fully saturated rings. The Labute approximate surface area is 123 Å². The van der Waals surface area contributed by atoms with Gasteiger partial charge in [-0.15, -0.1) is 0 Å². The van der Waals surface area contributed by atoms with Gasteiger partial charge in [0.1, 0.15) is 0 Å². The average Bonchev–Trinajstić information content (AvgIpc) is 2.38. The summed E-state index contributed by atoms with van der Waals surface area (Å²) >= 11 is 12.0. The highest BCUT2D eigenvalue weighted by molar-refractivity contribution is 6.35. The smallest absolute Gasteiger partial charge is 0.306 e. The van der Waals surface area contributed by atoms with Crippen LogP contribution >= 0.6 is 23.2 Å². The Morgan fingerprint density at radius 1 is 1.32 bits per heavy atom. The van der Waals surface area contributed by atoms with Crippen LogP contribution < -0.4 is 0 Å². The normalized spacial score (nSPS) is 17.6. The zero-order chi connectivity index (χ0) is 13.8. The molecule has 1 aliphatic heterocycles. The predicted octanol–water partition coefficient (Wildman–Crippen LogP) is 3.33.